The number of carbonyl (C=O) groups excluding carboxylic acids is 1. The number of amides is 1. The zero-order valence-corrected chi connectivity index (χ0v) is 18.5. The molecule has 1 amide bonds. The Balaban J connectivity index is 1.77. The Hall–Kier alpha value is -2.67. The molecule has 31 heavy (non-hydrogen) atoms. The monoisotopic (exact) mass is 439 g/mol. The number of thioether (sulfide) groups is 1. The largest absolute Gasteiger partial charge is 0.352 e. The summed E-state index contributed by atoms with van der Waals surface area (Å²) in [4.78, 5) is 31.2. The normalized spacial score (nSPS) is 15.5. The van der Waals surface area contributed by atoms with Crippen molar-refractivity contribution in [2.45, 2.75) is 56.0 Å². The maximum absolute atomic E-state index is 13.5. The van der Waals surface area contributed by atoms with E-state index in [2.05, 4.69) is 5.32 Å². The molecule has 1 aliphatic rings. The first-order valence-electron chi connectivity index (χ1n) is 10.7. The van der Waals surface area contributed by atoms with Gasteiger partial charge in [-0.15, -0.1) is 0 Å². The number of fused-ring (bicyclic) bond motifs is 1. The molecule has 2 aromatic carbocycles. The molecule has 7 heteroatoms. The molecular weight excluding hydrogens is 413 g/mol. The van der Waals surface area contributed by atoms with Crippen molar-refractivity contribution in [3.8, 4) is 5.69 Å². The Kier molecular flexibility index (Phi) is 6.41. The van der Waals surface area contributed by atoms with E-state index < -0.39 is 5.25 Å². The fraction of sp³-hybridized carbons (Fsp3) is 0.375. The molecule has 0 aliphatic heterocycles. The highest BCUT2D eigenvalue weighted by molar-refractivity contribution is 8.00. The summed E-state index contributed by atoms with van der Waals surface area (Å²) < 4.78 is 15.0. The van der Waals surface area contributed by atoms with E-state index in [0.29, 0.717) is 21.7 Å². The van der Waals surface area contributed by atoms with Gasteiger partial charge in [0, 0.05) is 6.04 Å². The third kappa shape index (κ3) is 4.66. The molecule has 0 bridgehead atoms. The minimum absolute atomic E-state index is 0.0278. The quantitative estimate of drug-likeness (QED) is 0.447. The summed E-state index contributed by atoms with van der Waals surface area (Å²) in [6.45, 7) is 3.99. The number of para-hydroxylation sites is 1. The van der Waals surface area contributed by atoms with Crippen LogP contribution >= 0.6 is 11.8 Å². The topological polar surface area (TPSA) is 64.0 Å². The summed E-state index contributed by atoms with van der Waals surface area (Å²) in [7, 11) is 0. The maximum atomic E-state index is 13.5. The fourth-order valence-corrected chi connectivity index (χ4v) is 5.09. The predicted octanol–water partition coefficient (Wildman–Crippen LogP) is 4.70. The summed E-state index contributed by atoms with van der Waals surface area (Å²) >= 11 is 1.29. The van der Waals surface area contributed by atoms with Gasteiger partial charge in [-0.1, -0.05) is 50.6 Å². The van der Waals surface area contributed by atoms with Gasteiger partial charge in [0.15, 0.2) is 5.16 Å². The van der Waals surface area contributed by atoms with Gasteiger partial charge in [0.1, 0.15) is 5.82 Å². The molecule has 3 aromatic rings. The van der Waals surface area contributed by atoms with Crippen LogP contribution in [0.25, 0.3) is 16.6 Å². The Morgan fingerprint density at radius 2 is 1.81 bits per heavy atom. The Morgan fingerprint density at radius 3 is 2.48 bits per heavy atom. The molecule has 0 radical (unpaired) electrons. The molecule has 1 saturated carbocycles. The summed E-state index contributed by atoms with van der Waals surface area (Å²) in [6.07, 6.45) is 4.30. The second-order valence-electron chi connectivity index (χ2n) is 8.30. The van der Waals surface area contributed by atoms with E-state index in [1.165, 1.54) is 28.5 Å². The zero-order chi connectivity index (χ0) is 22.0. The van der Waals surface area contributed by atoms with Crippen LogP contribution in [0.3, 0.4) is 0 Å². The van der Waals surface area contributed by atoms with Crippen LogP contribution in [-0.2, 0) is 4.79 Å². The van der Waals surface area contributed by atoms with E-state index in [0.717, 1.165) is 25.7 Å². The number of nitrogens with one attached hydrogen (secondary N) is 1. The van der Waals surface area contributed by atoms with Gasteiger partial charge in [-0.3, -0.25) is 14.2 Å². The fourth-order valence-electron chi connectivity index (χ4n) is 3.97. The number of hydrogen-bond donors (Lipinski definition) is 1. The van der Waals surface area contributed by atoms with Gasteiger partial charge >= 0.3 is 0 Å². The first-order valence-corrected chi connectivity index (χ1v) is 11.6. The van der Waals surface area contributed by atoms with Gasteiger partial charge < -0.3 is 5.32 Å². The van der Waals surface area contributed by atoms with E-state index in [-0.39, 0.29) is 29.2 Å². The minimum Gasteiger partial charge on any atom is -0.352 e. The van der Waals surface area contributed by atoms with Crippen LogP contribution in [0.4, 0.5) is 4.39 Å². The van der Waals surface area contributed by atoms with Gasteiger partial charge in [0.2, 0.25) is 5.91 Å². The van der Waals surface area contributed by atoms with E-state index in [1.54, 1.807) is 30.3 Å². The Bertz CT molecular complexity index is 1140. The summed E-state index contributed by atoms with van der Waals surface area (Å²) in [6, 6.07) is 13.1. The SMILES string of the molecule is CC(C)C(Sc1nc2ccccc2c(=O)n1-c1ccc(F)cc1)C(=O)NC1CCCC1. The lowest BCUT2D eigenvalue weighted by Crippen LogP contribution is -2.41. The lowest BCUT2D eigenvalue weighted by Gasteiger charge is -2.23. The molecule has 0 saturated heterocycles. The minimum atomic E-state index is -0.402. The van der Waals surface area contributed by atoms with Crippen molar-refractivity contribution in [1.82, 2.24) is 14.9 Å². The van der Waals surface area contributed by atoms with Crippen molar-refractivity contribution in [2.24, 2.45) is 5.92 Å². The van der Waals surface area contributed by atoms with Crippen molar-refractivity contribution in [3.63, 3.8) is 0 Å². The van der Waals surface area contributed by atoms with Crippen LogP contribution < -0.4 is 10.9 Å². The molecule has 1 heterocycles. The first kappa shape index (κ1) is 21.6. The van der Waals surface area contributed by atoms with Crippen LogP contribution in [-0.4, -0.2) is 26.8 Å². The summed E-state index contributed by atoms with van der Waals surface area (Å²) in [5, 5.41) is 3.68. The lowest BCUT2D eigenvalue weighted by molar-refractivity contribution is -0.121. The number of nitrogens with zero attached hydrogens (tertiary/aromatic N) is 2. The van der Waals surface area contributed by atoms with Gasteiger partial charge in [-0.05, 0) is 55.2 Å². The molecule has 4 rings (SSSR count). The molecular formula is C24H26FN3O2S. The molecule has 1 fully saturated rings. The molecule has 5 nitrogen and oxygen atoms in total. The van der Waals surface area contributed by atoms with Gasteiger partial charge in [-0.2, -0.15) is 0 Å². The predicted molar refractivity (Wildman–Crippen MR) is 122 cm³/mol. The van der Waals surface area contributed by atoms with Gasteiger partial charge in [0.25, 0.3) is 5.56 Å². The van der Waals surface area contributed by atoms with Crippen LogP contribution in [0.2, 0.25) is 0 Å². The number of halogens is 1. The lowest BCUT2D eigenvalue weighted by atomic mass is 10.1. The highest BCUT2D eigenvalue weighted by Gasteiger charge is 2.29. The smallest absolute Gasteiger partial charge is 0.266 e. The second kappa shape index (κ2) is 9.22. The molecule has 1 aliphatic carbocycles. The third-order valence-electron chi connectivity index (χ3n) is 5.63. The average molecular weight is 440 g/mol. The van der Waals surface area contributed by atoms with Crippen LogP contribution in [0, 0.1) is 11.7 Å². The first-order chi connectivity index (χ1) is 14.9. The third-order valence-corrected chi connectivity index (χ3v) is 7.12. The standard InChI is InChI=1S/C24H26FN3O2S/c1-15(2)21(22(29)26-17-7-3-4-8-17)31-24-27-20-10-6-5-9-19(20)23(30)28(24)18-13-11-16(25)12-14-18/h5-6,9-15,17,21H,3-4,7-8H2,1-2H3,(H,26,29). The van der Waals surface area contributed by atoms with E-state index >= 15 is 0 Å². The molecule has 162 valence electrons. The van der Waals surface area contributed by atoms with Crippen molar-refractivity contribution < 1.29 is 9.18 Å². The average Bonchev–Trinajstić information content (AvgIpc) is 3.26. The van der Waals surface area contributed by atoms with E-state index in [4.69, 9.17) is 4.98 Å². The van der Waals surface area contributed by atoms with Gasteiger partial charge in [-0.25, -0.2) is 9.37 Å². The van der Waals surface area contributed by atoms with Crippen molar-refractivity contribution in [3.05, 3.63) is 64.7 Å². The number of carbonyl (C=O) groups is 1. The van der Waals surface area contributed by atoms with Crippen LogP contribution in [0.15, 0.2) is 58.5 Å². The zero-order valence-electron chi connectivity index (χ0n) is 17.7. The number of benzene rings is 2. The van der Waals surface area contributed by atoms with E-state index in [9.17, 15) is 14.0 Å². The number of rotatable bonds is 6. The molecule has 1 atom stereocenters. The Morgan fingerprint density at radius 1 is 1.13 bits per heavy atom. The summed E-state index contributed by atoms with van der Waals surface area (Å²) in [5.74, 6) is -0.368. The highest BCUT2D eigenvalue weighted by atomic mass is 32.2. The molecule has 0 spiro atoms. The number of hydrogen-bond acceptors (Lipinski definition) is 4. The maximum Gasteiger partial charge on any atom is 0.266 e. The molecule has 1 aromatic heterocycles. The number of aromatic nitrogens is 2. The Labute approximate surface area is 185 Å². The van der Waals surface area contributed by atoms with Crippen molar-refractivity contribution in [2.75, 3.05) is 0 Å². The summed E-state index contributed by atoms with van der Waals surface area (Å²) in [5.41, 5.74) is 0.858. The second-order valence-corrected chi connectivity index (χ2v) is 9.41. The van der Waals surface area contributed by atoms with Crippen LogP contribution in [0.1, 0.15) is 39.5 Å². The molecule has 1 unspecified atom stereocenters. The van der Waals surface area contributed by atoms with Crippen molar-refractivity contribution >= 4 is 28.6 Å². The molecule has 1 N–H and O–H groups in total. The van der Waals surface area contributed by atoms with E-state index in [1.807, 2.05) is 19.9 Å². The van der Waals surface area contributed by atoms with Gasteiger partial charge in [0.05, 0.1) is 21.8 Å². The van der Waals surface area contributed by atoms with Crippen LogP contribution in [0.5, 0.6) is 0 Å². The highest BCUT2D eigenvalue weighted by Crippen LogP contribution is 2.30. The van der Waals surface area contributed by atoms with Crippen molar-refractivity contribution in [1.29, 1.82) is 0 Å².